The number of hydrogen-bond acceptors (Lipinski definition) is 6. The third-order valence-electron chi connectivity index (χ3n) is 7.24. The van der Waals surface area contributed by atoms with Gasteiger partial charge < -0.3 is 19.7 Å². The maximum Gasteiger partial charge on any atom is 0.264 e. The van der Waals surface area contributed by atoms with Gasteiger partial charge in [0.15, 0.2) is 11.5 Å². The summed E-state index contributed by atoms with van der Waals surface area (Å²) in [5.41, 5.74) is 1.66. The van der Waals surface area contributed by atoms with Crippen molar-refractivity contribution >= 4 is 39.1 Å². The van der Waals surface area contributed by atoms with Crippen molar-refractivity contribution in [1.82, 2.24) is 10.2 Å². The molecular formula is C33H32ClN3O6S. The molecule has 1 atom stereocenters. The Kier molecular flexibility index (Phi) is 9.72. The van der Waals surface area contributed by atoms with Crippen LogP contribution in [0.15, 0.2) is 108 Å². The van der Waals surface area contributed by atoms with Crippen LogP contribution in [0.4, 0.5) is 5.69 Å². The number of hydrogen-bond donors (Lipinski definition) is 1. The standard InChI is InChI=1S/C33H32ClN3O6S/c1-35-33(39)29(20-24-10-4-2-5-11-24)36(22-25-12-8-9-15-28(25)34)32(38)23-37(44(40,41)27-13-6-3-7-14-27)26-16-17-30-31(21-26)43-19-18-42-30/h2-17,21,29H,18-20,22-23H2,1H3,(H,35,39)/t29-/m1/s1. The molecule has 44 heavy (non-hydrogen) atoms. The van der Waals surface area contributed by atoms with Crippen LogP contribution in [0.1, 0.15) is 11.1 Å². The number of rotatable bonds is 11. The van der Waals surface area contributed by atoms with E-state index in [9.17, 15) is 18.0 Å². The highest BCUT2D eigenvalue weighted by Crippen LogP contribution is 2.36. The van der Waals surface area contributed by atoms with Crippen molar-refractivity contribution in [2.45, 2.75) is 23.9 Å². The van der Waals surface area contributed by atoms with Gasteiger partial charge in [-0.3, -0.25) is 13.9 Å². The van der Waals surface area contributed by atoms with Gasteiger partial charge in [0.25, 0.3) is 10.0 Å². The summed E-state index contributed by atoms with van der Waals surface area (Å²) in [5.74, 6) is -0.143. The van der Waals surface area contributed by atoms with E-state index in [4.69, 9.17) is 21.1 Å². The average Bonchev–Trinajstić information content (AvgIpc) is 3.06. The minimum absolute atomic E-state index is 0.00693. The van der Waals surface area contributed by atoms with E-state index in [1.807, 2.05) is 30.3 Å². The van der Waals surface area contributed by atoms with Gasteiger partial charge >= 0.3 is 0 Å². The number of nitrogens with zero attached hydrogens (tertiary/aromatic N) is 2. The molecule has 5 rings (SSSR count). The molecule has 228 valence electrons. The number of carbonyl (C=O) groups excluding carboxylic acids is 2. The lowest BCUT2D eigenvalue weighted by Crippen LogP contribution is -2.53. The Bertz CT molecular complexity index is 1720. The number of likely N-dealkylation sites (N-methyl/N-ethyl adjacent to an activating group) is 1. The van der Waals surface area contributed by atoms with Gasteiger partial charge in [0.2, 0.25) is 11.8 Å². The van der Waals surface area contributed by atoms with Crippen molar-refractivity contribution in [1.29, 1.82) is 0 Å². The second kappa shape index (κ2) is 13.8. The molecule has 0 unspecified atom stereocenters. The molecule has 4 aromatic rings. The van der Waals surface area contributed by atoms with Crippen LogP contribution in [0.25, 0.3) is 0 Å². The molecular weight excluding hydrogens is 602 g/mol. The van der Waals surface area contributed by atoms with E-state index in [1.54, 1.807) is 60.7 Å². The van der Waals surface area contributed by atoms with Crippen LogP contribution >= 0.6 is 11.6 Å². The van der Waals surface area contributed by atoms with Crippen molar-refractivity contribution in [2.24, 2.45) is 0 Å². The van der Waals surface area contributed by atoms with E-state index in [-0.39, 0.29) is 23.5 Å². The summed E-state index contributed by atoms with van der Waals surface area (Å²) < 4.78 is 40.6. The smallest absolute Gasteiger partial charge is 0.264 e. The lowest BCUT2D eigenvalue weighted by molar-refractivity contribution is -0.139. The number of anilines is 1. The first-order chi connectivity index (χ1) is 21.3. The van der Waals surface area contributed by atoms with Gasteiger partial charge in [0.1, 0.15) is 25.8 Å². The third-order valence-corrected chi connectivity index (χ3v) is 9.40. The van der Waals surface area contributed by atoms with Crippen LogP contribution < -0.4 is 19.1 Å². The van der Waals surface area contributed by atoms with Crippen molar-refractivity contribution in [3.8, 4) is 11.5 Å². The molecule has 4 aromatic carbocycles. The van der Waals surface area contributed by atoms with Crippen molar-refractivity contribution in [2.75, 3.05) is 31.1 Å². The average molecular weight is 634 g/mol. The molecule has 0 radical (unpaired) electrons. The molecule has 9 nitrogen and oxygen atoms in total. The highest BCUT2D eigenvalue weighted by atomic mass is 35.5. The molecule has 1 aliphatic rings. The molecule has 11 heteroatoms. The molecule has 2 amide bonds. The lowest BCUT2D eigenvalue weighted by atomic mass is 10.0. The Labute approximate surface area is 262 Å². The van der Waals surface area contributed by atoms with E-state index in [0.717, 1.165) is 9.87 Å². The summed E-state index contributed by atoms with van der Waals surface area (Å²) in [6, 6.07) is 28.0. The van der Waals surface area contributed by atoms with Crippen LogP contribution in [0.2, 0.25) is 5.02 Å². The lowest BCUT2D eigenvalue weighted by Gasteiger charge is -2.34. The molecule has 0 aliphatic carbocycles. The second-order valence-corrected chi connectivity index (χ2v) is 12.4. The van der Waals surface area contributed by atoms with Gasteiger partial charge in [0, 0.05) is 31.1 Å². The van der Waals surface area contributed by atoms with E-state index in [2.05, 4.69) is 5.32 Å². The number of nitrogens with one attached hydrogen (secondary N) is 1. The molecule has 0 fully saturated rings. The van der Waals surface area contributed by atoms with Gasteiger partial charge in [-0.25, -0.2) is 8.42 Å². The summed E-state index contributed by atoms with van der Waals surface area (Å²) in [6.45, 7) is 0.0588. The van der Waals surface area contributed by atoms with Crippen LogP contribution in [0.5, 0.6) is 11.5 Å². The quantitative estimate of drug-likeness (QED) is 0.257. The van der Waals surface area contributed by atoms with E-state index >= 15 is 0 Å². The number of fused-ring (bicyclic) bond motifs is 1. The fourth-order valence-electron chi connectivity index (χ4n) is 4.97. The van der Waals surface area contributed by atoms with Crippen LogP contribution in [0, 0.1) is 0 Å². The monoisotopic (exact) mass is 633 g/mol. The normalized spacial score (nSPS) is 13.0. The third kappa shape index (κ3) is 6.98. The van der Waals surface area contributed by atoms with Gasteiger partial charge in [-0.15, -0.1) is 0 Å². The number of halogens is 1. The summed E-state index contributed by atoms with van der Waals surface area (Å²) >= 11 is 6.50. The number of benzene rings is 4. The Morgan fingerprint density at radius 2 is 1.50 bits per heavy atom. The summed E-state index contributed by atoms with van der Waals surface area (Å²) in [6.07, 6.45) is 0.201. The molecule has 0 bridgehead atoms. The largest absolute Gasteiger partial charge is 0.486 e. The number of ether oxygens (including phenoxy) is 2. The Hall–Kier alpha value is -4.54. The van der Waals surface area contributed by atoms with Crippen molar-refractivity contribution < 1.29 is 27.5 Å². The van der Waals surface area contributed by atoms with Crippen molar-refractivity contribution in [3.05, 3.63) is 119 Å². The minimum atomic E-state index is -4.24. The van der Waals surface area contributed by atoms with Gasteiger partial charge in [-0.1, -0.05) is 78.3 Å². The summed E-state index contributed by atoms with van der Waals surface area (Å²) in [7, 11) is -2.74. The first-order valence-electron chi connectivity index (χ1n) is 14.0. The molecule has 0 saturated carbocycles. The molecule has 1 heterocycles. The van der Waals surface area contributed by atoms with Gasteiger partial charge in [0.05, 0.1) is 10.6 Å². The SMILES string of the molecule is CNC(=O)[C@@H](Cc1ccccc1)N(Cc1ccccc1Cl)C(=O)CN(c1ccc2c(c1)OCCO2)S(=O)(=O)c1ccccc1. The zero-order valence-electron chi connectivity index (χ0n) is 24.1. The van der Waals surface area contributed by atoms with Crippen LogP contribution in [-0.2, 0) is 32.6 Å². The van der Waals surface area contributed by atoms with Crippen LogP contribution in [0.3, 0.4) is 0 Å². The number of sulfonamides is 1. The van der Waals surface area contributed by atoms with Gasteiger partial charge in [-0.05, 0) is 41.5 Å². The molecule has 0 saturated heterocycles. The Morgan fingerprint density at radius 3 is 2.18 bits per heavy atom. The highest BCUT2D eigenvalue weighted by Gasteiger charge is 2.35. The minimum Gasteiger partial charge on any atom is -0.486 e. The molecule has 1 N–H and O–H groups in total. The zero-order valence-corrected chi connectivity index (χ0v) is 25.6. The Morgan fingerprint density at radius 1 is 0.864 bits per heavy atom. The summed E-state index contributed by atoms with van der Waals surface area (Å²) in [5, 5.41) is 3.09. The fourth-order valence-corrected chi connectivity index (χ4v) is 6.59. The van der Waals surface area contributed by atoms with Gasteiger partial charge in [-0.2, -0.15) is 0 Å². The molecule has 0 aromatic heterocycles. The first-order valence-corrected chi connectivity index (χ1v) is 15.9. The zero-order chi connectivity index (χ0) is 31.1. The number of carbonyl (C=O) groups is 2. The second-order valence-electron chi connectivity index (χ2n) is 10.1. The Balaban J connectivity index is 1.58. The molecule has 0 spiro atoms. The predicted molar refractivity (Wildman–Crippen MR) is 168 cm³/mol. The van der Waals surface area contributed by atoms with Crippen molar-refractivity contribution in [3.63, 3.8) is 0 Å². The van der Waals surface area contributed by atoms with E-state index in [0.29, 0.717) is 35.3 Å². The summed E-state index contributed by atoms with van der Waals surface area (Å²) in [4.78, 5) is 29.2. The van der Waals surface area contributed by atoms with Crippen LogP contribution in [-0.4, -0.2) is 58.0 Å². The van der Waals surface area contributed by atoms with E-state index in [1.165, 1.54) is 24.1 Å². The number of amides is 2. The predicted octanol–water partition coefficient (Wildman–Crippen LogP) is 4.69. The highest BCUT2D eigenvalue weighted by molar-refractivity contribution is 7.92. The first kappa shape index (κ1) is 30.9. The maximum absolute atomic E-state index is 14.4. The maximum atomic E-state index is 14.4. The van der Waals surface area contributed by atoms with E-state index < -0.39 is 34.4 Å². The fraction of sp³-hybridized carbons (Fsp3) is 0.212. The topological polar surface area (TPSA) is 105 Å². The molecule has 1 aliphatic heterocycles.